The molecule has 0 bridgehead atoms. The third-order valence-corrected chi connectivity index (χ3v) is 13.4. The van der Waals surface area contributed by atoms with E-state index in [9.17, 15) is 4.89 Å². The first-order chi connectivity index (χ1) is 16.6. The van der Waals surface area contributed by atoms with E-state index >= 15 is 0 Å². The first kappa shape index (κ1) is 65.4. The maximum Gasteiger partial charge on any atom is 0.249 e. The zero-order chi connectivity index (χ0) is 34.3. The molecule has 283 valence electrons. The van der Waals surface area contributed by atoms with Crippen LogP contribution < -0.4 is 0 Å². The topological polar surface area (TPSA) is 88.9 Å². The van der Waals surface area contributed by atoms with Gasteiger partial charge in [-0.1, -0.05) is 83.1 Å². The summed E-state index contributed by atoms with van der Waals surface area (Å²) in [5, 5.41) is 8.61. The molecule has 0 spiro atoms. The Hall–Kier alpha value is 3.03. The summed E-state index contributed by atoms with van der Waals surface area (Å²) in [6.07, 6.45) is 0.819. The van der Waals surface area contributed by atoms with Crippen LogP contribution in [-0.4, -0.2) is 50.7 Å². The minimum atomic E-state index is -0.863. The second-order valence-electron chi connectivity index (χ2n) is 18.9. The molecule has 0 aliphatic rings. The Morgan fingerprint density at radius 1 is 0.386 bits per heavy atom. The zero-order valence-electron chi connectivity index (χ0n) is 33.2. The molecular formula is C33H81Cl2O4P3Pd2+3. The normalized spacial score (nSPS) is 13.1. The zero-order valence-corrected chi connectivity index (χ0v) is 40.7. The maximum atomic E-state index is 9.79. The van der Waals surface area contributed by atoms with Crippen molar-refractivity contribution in [3.05, 3.63) is 6.10 Å². The Morgan fingerprint density at radius 2 is 0.523 bits per heavy atom. The van der Waals surface area contributed by atoms with Crippen LogP contribution in [0.15, 0.2) is 0 Å². The monoisotopic (exact) mass is 916 g/mol. The smallest absolute Gasteiger partial charge is 0.249 e. The molecule has 1 radical (unpaired) electrons. The van der Waals surface area contributed by atoms with Crippen molar-refractivity contribution in [2.75, 3.05) is 0 Å². The predicted octanol–water partition coefficient (Wildman–Crippen LogP) is 11.6. The quantitative estimate of drug-likeness (QED) is 0.146. The largest absolute Gasteiger partial charge is 0.435 e. The summed E-state index contributed by atoms with van der Waals surface area (Å²) in [5.74, 6) is 0. The third-order valence-electron chi connectivity index (χ3n) is 5.45. The fourth-order valence-electron chi connectivity index (χ4n) is 4.14. The molecule has 0 heterocycles. The van der Waals surface area contributed by atoms with Crippen LogP contribution in [0.2, 0.25) is 0 Å². The van der Waals surface area contributed by atoms with Gasteiger partial charge >= 0.3 is 0 Å². The molecule has 0 rings (SSSR count). The van der Waals surface area contributed by atoms with E-state index in [4.69, 9.17) is 14.9 Å². The molecule has 0 amide bonds. The minimum Gasteiger partial charge on any atom is -0.435 e. The van der Waals surface area contributed by atoms with Gasteiger partial charge in [0.1, 0.15) is 0 Å². The predicted molar refractivity (Wildman–Crippen MR) is 209 cm³/mol. The molecule has 0 atom stereocenters. The standard InChI is InChI=1S/C9H20O.3C8H19OP.2ClH.2Pd/c1-8(2,3)7(10)9(4,5)6;3*1-7(2,3)10(9)8(4,5)6;;;;/h10H2,1-6H3;3*9H,1-6H3;2*1H;;/q+1;;;;;;;/p+2. The molecule has 0 aromatic heterocycles. The Labute approximate surface area is 321 Å². The van der Waals surface area contributed by atoms with Crippen LogP contribution in [0.25, 0.3) is 0 Å². The van der Waals surface area contributed by atoms with Gasteiger partial charge in [0.2, 0.25) is 22.4 Å². The van der Waals surface area contributed by atoms with Crippen LogP contribution in [0.4, 0.5) is 0 Å². The average molecular weight is 919 g/mol. The molecule has 0 unspecified atom stereocenters. The van der Waals surface area contributed by atoms with E-state index in [-0.39, 0.29) is 107 Å². The van der Waals surface area contributed by atoms with Crippen molar-refractivity contribution in [2.24, 2.45) is 10.8 Å². The summed E-state index contributed by atoms with van der Waals surface area (Å²) in [5.41, 5.74) is 0.0521. The average Bonchev–Trinajstić information content (AvgIpc) is 2.61. The van der Waals surface area contributed by atoms with Crippen molar-refractivity contribution >= 4 is 49.3 Å². The van der Waals surface area contributed by atoms with Gasteiger partial charge in [0, 0.05) is 70.1 Å². The molecule has 0 fully saturated rings. The minimum absolute atomic E-state index is 0. The summed E-state index contributed by atoms with van der Waals surface area (Å²) in [6.45, 7) is 50.8. The third kappa shape index (κ3) is 33.5. The molecule has 4 nitrogen and oxygen atoms in total. The molecule has 44 heavy (non-hydrogen) atoms. The summed E-state index contributed by atoms with van der Waals surface area (Å²) >= 11 is 0. The van der Waals surface area contributed by atoms with Gasteiger partial charge in [0.15, 0.2) is 0 Å². The molecule has 7 N–H and O–H groups in total. The fourth-order valence-corrected chi connectivity index (χ4v) is 10.2. The summed E-state index contributed by atoms with van der Waals surface area (Å²) in [4.78, 5) is 25.7. The van der Waals surface area contributed by atoms with Crippen LogP contribution in [-0.2, 0) is 40.8 Å². The first-order valence-corrected chi connectivity index (χ1v) is 18.7. The van der Waals surface area contributed by atoms with Gasteiger partial charge in [-0.05, 0) is 83.1 Å². The van der Waals surface area contributed by atoms with E-state index in [1.165, 1.54) is 0 Å². The van der Waals surface area contributed by atoms with Crippen LogP contribution in [0.1, 0.15) is 166 Å². The second kappa shape index (κ2) is 23.5. The van der Waals surface area contributed by atoms with Gasteiger partial charge in [-0.3, -0.25) is 0 Å². The summed E-state index contributed by atoms with van der Waals surface area (Å²) < 4.78 is 0. The van der Waals surface area contributed by atoms with E-state index in [0.717, 1.165) is 6.10 Å². The van der Waals surface area contributed by atoms with Crippen LogP contribution in [0, 0.1) is 16.9 Å². The van der Waals surface area contributed by atoms with Crippen molar-refractivity contribution in [1.82, 2.24) is 0 Å². The maximum absolute atomic E-state index is 9.79. The van der Waals surface area contributed by atoms with Crippen molar-refractivity contribution in [1.29, 1.82) is 0 Å². The van der Waals surface area contributed by atoms with Crippen LogP contribution in [0.5, 0.6) is 0 Å². The molecule has 11 heteroatoms. The van der Waals surface area contributed by atoms with Gasteiger partial charge in [-0.15, -0.1) is 24.8 Å². The van der Waals surface area contributed by atoms with Crippen molar-refractivity contribution in [3.8, 4) is 0 Å². The van der Waals surface area contributed by atoms with Gasteiger partial charge in [0.25, 0.3) is 0 Å². The summed E-state index contributed by atoms with van der Waals surface area (Å²) in [7, 11) is -2.09. The molecule has 0 aromatic carbocycles. The molecule has 0 aromatic rings. The first-order valence-electron chi connectivity index (χ1n) is 14.7. The molecule has 0 aliphatic carbocycles. The van der Waals surface area contributed by atoms with E-state index in [2.05, 4.69) is 166 Å². The molecule has 0 aliphatic heterocycles. The molecule has 0 saturated heterocycles. The van der Waals surface area contributed by atoms with Gasteiger partial charge < -0.3 is 19.8 Å². The van der Waals surface area contributed by atoms with Crippen molar-refractivity contribution in [3.63, 3.8) is 0 Å². The Bertz CT molecular complexity index is 514. The number of hydrogen-bond acceptors (Lipinski definition) is 1. The van der Waals surface area contributed by atoms with Crippen molar-refractivity contribution < 1.29 is 60.6 Å². The second-order valence-corrected chi connectivity index (χ2v) is 28.9. The van der Waals surface area contributed by atoms with Gasteiger partial charge in [-0.2, -0.15) is 0 Å². The van der Waals surface area contributed by atoms with Gasteiger partial charge in [-0.25, -0.2) is 0 Å². The van der Waals surface area contributed by atoms with Crippen LogP contribution in [0.3, 0.4) is 0 Å². The Balaban J connectivity index is -0.0000000635. The van der Waals surface area contributed by atoms with Crippen LogP contribution >= 0.6 is 49.3 Å². The molecule has 0 saturated carbocycles. The Morgan fingerprint density at radius 3 is 0.523 bits per heavy atom. The van der Waals surface area contributed by atoms with E-state index in [0.29, 0.717) is 0 Å². The van der Waals surface area contributed by atoms with Crippen molar-refractivity contribution in [2.45, 2.75) is 197 Å². The SMILES string of the molecule is CC(C)(C)P(O)C(C)(C)C.CC(C)(C)P([OH2+])C(C)(C)C.CC(C)(C)P([OH2+])C(C)(C)C.CC(C)(C)[C]([OH2+])C(C)(C)C.Cl.Cl.[Pd].[Pd]. The number of rotatable bonds is 0. The van der Waals surface area contributed by atoms with E-state index < -0.39 is 24.4 Å². The Kier molecular flexibility index (Phi) is 34.9. The number of hydrogen-bond donors (Lipinski definition) is 1. The molecular weight excluding hydrogens is 837 g/mol. The fraction of sp³-hybridized carbons (Fsp3) is 0.970. The van der Waals surface area contributed by atoms with Gasteiger partial charge in [0.05, 0.1) is 20.6 Å². The van der Waals surface area contributed by atoms with E-state index in [1.54, 1.807) is 0 Å². The number of halogens is 2. The summed E-state index contributed by atoms with van der Waals surface area (Å²) in [6, 6.07) is 0. The van der Waals surface area contributed by atoms with E-state index in [1.807, 2.05) is 0 Å².